The molecule has 0 bridgehead atoms. The van der Waals surface area contributed by atoms with Gasteiger partial charge < -0.3 is 20.0 Å². The molecule has 1 fully saturated rings. The molecule has 1 aromatic carbocycles. The van der Waals surface area contributed by atoms with Crippen LogP contribution in [0, 0.1) is 13.8 Å². The molecule has 1 amide bonds. The first-order chi connectivity index (χ1) is 14.0. The summed E-state index contributed by atoms with van der Waals surface area (Å²) in [6.45, 7) is 9.13. The lowest BCUT2D eigenvalue weighted by atomic mass is 10.1. The largest absolute Gasteiger partial charge is 0.368 e. The van der Waals surface area contributed by atoms with Gasteiger partial charge in [-0.1, -0.05) is 12.1 Å². The molecular weight excluding hydrogens is 364 g/mol. The number of aryl methyl sites for hydroxylation is 1. The number of hydrogen-bond acceptors (Lipinski definition) is 6. The molecule has 0 aliphatic carbocycles. The van der Waals surface area contributed by atoms with Crippen LogP contribution >= 0.6 is 0 Å². The number of anilines is 2. The number of aromatic nitrogens is 2. The quantitative estimate of drug-likeness (QED) is 0.725. The summed E-state index contributed by atoms with van der Waals surface area (Å²) in [6.07, 6.45) is 2.65. The van der Waals surface area contributed by atoms with Crippen LogP contribution < -0.4 is 10.2 Å². The van der Waals surface area contributed by atoms with Crippen LogP contribution in [0.25, 0.3) is 0 Å². The van der Waals surface area contributed by atoms with E-state index in [0.717, 1.165) is 32.6 Å². The van der Waals surface area contributed by atoms with E-state index >= 15 is 0 Å². The van der Waals surface area contributed by atoms with Gasteiger partial charge in [-0.25, -0.2) is 9.97 Å². The van der Waals surface area contributed by atoms with Gasteiger partial charge in [0.1, 0.15) is 5.69 Å². The van der Waals surface area contributed by atoms with Crippen molar-refractivity contribution in [3.05, 3.63) is 47.3 Å². The topological polar surface area (TPSA) is 64.6 Å². The Labute approximate surface area is 173 Å². The van der Waals surface area contributed by atoms with Crippen molar-refractivity contribution in [1.29, 1.82) is 0 Å². The third kappa shape index (κ3) is 5.44. The van der Waals surface area contributed by atoms with Crippen LogP contribution in [0.4, 0.5) is 11.6 Å². The first-order valence-corrected chi connectivity index (χ1v) is 10.3. The van der Waals surface area contributed by atoms with Crippen molar-refractivity contribution < 1.29 is 4.79 Å². The summed E-state index contributed by atoms with van der Waals surface area (Å²) in [5.74, 6) is 0.494. The van der Waals surface area contributed by atoms with Gasteiger partial charge in [-0.15, -0.1) is 0 Å². The number of carbonyl (C=O) groups excluding carboxylic acids is 1. The number of carbonyl (C=O) groups is 1. The van der Waals surface area contributed by atoms with Crippen molar-refractivity contribution in [1.82, 2.24) is 19.8 Å². The maximum Gasteiger partial charge on any atom is 0.272 e. The van der Waals surface area contributed by atoms with Gasteiger partial charge >= 0.3 is 0 Å². The Morgan fingerprint density at radius 3 is 2.62 bits per heavy atom. The molecule has 2 aromatic rings. The molecule has 156 valence electrons. The smallest absolute Gasteiger partial charge is 0.272 e. The molecule has 1 aromatic heterocycles. The number of nitrogens with zero attached hydrogens (tertiary/aromatic N) is 5. The van der Waals surface area contributed by atoms with Crippen molar-refractivity contribution in [3.8, 4) is 0 Å². The van der Waals surface area contributed by atoms with Gasteiger partial charge in [0, 0.05) is 44.6 Å². The number of amides is 1. The molecule has 29 heavy (non-hydrogen) atoms. The number of benzene rings is 1. The Morgan fingerprint density at radius 1 is 1.14 bits per heavy atom. The molecule has 1 aliphatic rings. The Kier molecular flexibility index (Phi) is 7.04. The van der Waals surface area contributed by atoms with E-state index in [1.54, 1.807) is 12.3 Å². The van der Waals surface area contributed by atoms with Gasteiger partial charge in [0.25, 0.3) is 5.91 Å². The molecular formula is C22H32N6O. The first kappa shape index (κ1) is 21.0. The molecule has 0 atom stereocenters. The van der Waals surface area contributed by atoms with E-state index in [-0.39, 0.29) is 5.91 Å². The average Bonchev–Trinajstić information content (AvgIpc) is 2.73. The zero-order valence-corrected chi connectivity index (χ0v) is 18.0. The second kappa shape index (κ2) is 9.69. The summed E-state index contributed by atoms with van der Waals surface area (Å²) < 4.78 is 0. The normalized spacial score (nSPS) is 14.4. The molecule has 1 saturated heterocycles. The minimum atomic E-state index is -0.0237. The molecule has 7 nitrogen and oxygen atoms in total. The summed E-state index contributed by atoms with van der Waals surface area (Å²) >= 11 is 0. The maximum atomic E-state index is 12.9. The van der Waals surface area contributed by atoms with Gasteiger partial charge in [0.05, 0.1) is 0 Å². The molecule has 0 radical (unpaired) electrons. The van der Waals surface area contributed by atoms with Crippen LogP contribution in [-0.2, 0) is 0 Å². The third-order valence-corrected chi connectivity index (χ3v) is 5.42. The summed E-state index contributed by atoms with van der Waals surface area (Å²) in [5, 5.41) is 3.21. The molecule has 1 aliphatic heterocycles. The highest BCUT2D eigenvalue weighted by atomic mass is 16.2. The lowest BCUT2D eigenvalue weighted by molar-refractivity contribution is 0.0741. The summed E-state index contributed by atoms with van der Waals surface area (Å²) in [6, 6.07) is 8.10. The van der Waals surface area contributed by atoms with Crippen molar-refractivity contribution >= 4 is 17.5 Å². The first-order valence-electron chi connectivity index (χ1n) is 10.3. The van der Waals surface area contributed by atoms with E-state index in [9.17, 15) is 4.79 Å². The number of nitrogens with one attached hydrogen (secondary N) is 1. The van der Waals surface area contributed by atoms with E-state index < -0.39 is 0 Å². The van der Waals surface area contributed by atoms with Crippen molar-refractivity contribution in [2.75, 3.05) is 63.6 Å². The highest BCUT2D eigenvalue weighted by Crippen LogP contribution is 2.24. The van der Waals surface area contributed by atoms with E-state index in [4.69, 9.17) is 0 Å². The zero-order chi connectivity index (χ0) is 20.8. The van der Waals surface area contributed by atoms with Crippen LogP contribution in [0.2, 0.25) is 0 Å². The predicted octanol–water partition coefficient (Wildman–Crippen LogP) is 2.42. The molecule has 7 heteroatoms. The molecule has 0 unspecified atom stereocenters. The lowest BCUT2D eigenvalue weighted by Gasteiger charge is -2.37. The minimum absolute atomic E-state index is 0.0237. The van der Waals surface area contributed by atoms with Crippen LogP contribution in [0.3, 0.4) is 0 Å². The fraction of sp³-hybridized carbons (Fsp3) is 0.500. The fourth-order valence-electron chi connectivity index (χ4n) is 3.55. The number of hydrogen-bond donors (Lipinski definition) is 1. The van der Waals surface area contributed by atoms with Gasteiger partial charge in [-0.3, -0.25) is 4.79 Å². The van der Waals surface area contributed by atoms with E-state index in [1.165, 1.54) is 16.8 Å². The maximum absolute atomic E-state index is 12.9. The highest BCUT2D eigenvalue weighted by molar-refractivity contribution is 5.92. The van der Waals surface area contributed by atoms with E-state index in [1.807, 2.05) is 4.90 Å². The van der Waals surface area contributed by atoms with Crippen LogP contribution in [0.1, 0.15) is 28.0 Å². The second-order valence-electron chi connectivity index (χ2n) is 7.85. The molecule has 0 saturated carbocycles. The van der Waals surface area contributed by atoms with Gasteiger partial charge in [-0.2, -0.15) is 0 Å². The number of piperazine rings is 1. The standard InChI is InChI=1S/C22H32N6O/c1-17-7-5-8-20(18(17)2)27-13-15-28(16-14-27)21(29)19-9-11-24-22(25-19)23-10-6-12-26(3)4/h5,7-9,11H,6,10,12-16H2,1-4H3,(H,23,24,25). The summed E-state index contributed by atoms with van der Waals surface area (Å²) in [4.78, 5) is 28.0. The predicted molar refractivity (Wildman–Crippen MR) is 118 cm³/mol. The second-order valence-corrected chi connectivity index (χ2v) is 7.85. The van der Waals surface area contributed by atoms with Gasteiger partial charge in [-0.05, 0) is 64.2 Å². The van der Waals surface area contributed by atoms with Crippen LogP contribution in [0.15, 0.2) is 30.5 Å². The lowest BCUT2D eigenvalue weighted by Crippen LogP contribution is -2.49. The SMILES string of the molecule is Cc1cccc(N2CCN(C(=O)c3ccnc(NCCCN(C)C)n3)CC2)c1C. The summed E-state index contributed by atoms with van der Waals surface area (Å²) in [7, 11) is 4.10. The Hall–Kier alpha value is -2.67. The van der Waals surface area contributed by atoms with Crippen molar-refractivity contribution in [2.45, 2.75) is 20.3 Å². The molecule has 3 rings (SSSR count). The Bertz CT molecular complexity index is 830. The monoisotopic (exact) mass is 396 g/mol. The molecule has 1 N–H and O–H groups in total. The third-order valence-electron chi connectivity index (χ3n) is 5.42. The Balaban J connectivity index is 1.56. The van der Waals surface area contributed by atoms with Crippen LogP contribution in [0.5, 0.6) is 0 Å². The molecule has 0 spiro atoms. The fourth-order valence-corrected chi connectivity index (χ4v) is 3.55. The molecule has 2 heterocycles. The summed E-state index contributed by atoms with van der Waals surface area (Å²) in [5.41, 5.74) is 4.33. The minimum Gasteiger partial charge on any atom is -0.368 e. The average molecular weight is 397 g/mol. The van der Waals surface area contributed by atoms with Crippen molar-refractivity contribution in [3.63, 3.8) is 0 Å². The van der Waals surface area contributed by atoms with Crippen LogP contribution in [-0.4, -0.2) is 79.0 Å². The van der Waals surface area contributed by atoms with Gasteiger partial charge in [0.15, 0.2) is 0 Å². The number of rotatable bonds is 7. The van der Waals surface area contributed by atoms with E-state index in [0.29, 0.717) is 24.7 Å². The highest BCUT2D eigenvalue weighted by Gasteiger charge is 2.24. The van der Waals surface area contributed by atoms with E-state index in [2.05, 4.69) is 71.2 Å². The zero-order valence-electron chi connectivity index (χ0n) is 18.0. The Morgan fingerprint density at radius 2 is 1.90 bits per heavy atom. The van der Waals surface area contributed by atoms with Gasteiger partial charge in [0.2, 0.25) is 5.95 Å². The van der Waals surface area contributed by atoms with Crippen molar-refractivity contribution in [2.24, 2.45) is 0 Å².